The molecule has 0 fully saturated rings. The molecule has 0 saturated heterocycles. The number of benzene rings is 3. The Morgan fingerprint density at radius 2 is 1.52 bits per heavy atom. The average molecular weight is 363 g/mol. The predicted octanol–water partition coefficient (Wildman–Crippen LogP) is 4.06. The smallest absolute Gasteiger partial charge is 0.231 e. The second-order valence-electron chi connectivity index (χ2n) is 6.88. The number of fused-ring (bicyclic) bond motifs is 7. The van der Waals surface area contributed by atoms with Crippen molar-refractivity contribution in [3.8, 4) is 34.1 Å². The molecule has 0 spiro atoms. The summed E-state index contributed by atoms with van der Waals surface area (Å²) in [6, 6.07) is 12.4. The van der Waals surface area contributed by atoms with Gasteiger partial charge in [-0.25, -0.2) is 0 Å². The van der Waals surface area contributed by atoms with Gasteiger partial charge in [-0.1, -0.05) is 12.1 Å². The molecule has 0 aromatic heterocycles. The molecule has 6 nitrogen and oxygen atoms in total. The molecule has 6 rings (SSSR count). The second kappa shape index (κ2) is 5.20. The van der Waals surface area contributed by atoms with Gasteiger partial charge >= 0.3 is 0 Å². The van der Waals surface area contributed by atoms with Crippen LogP contribution in [0.25, 0.3) is 21.9 Å². The molecule has 6 heteroatoms. The van der Waals surface area contributed by atoms with E-state index in [0.717, 1.165) is 56.1 Å². The molecule has 3 aliphatic rings. The average Bonchev–Trinajstić information content (AvgIpc) is 3.33. The van der Waals surface area contributed by atoms with Crippen molar-refractivity contribution in [1.29, 1.82) is 0 Å². The zero-order chi connectivity index (χ0) is 18.1. The first-order chi connectivity index (χ1) is 13.2. The number of ether oxygens (including phenoxy) is 5. The summed E-state index contributed by atoms with van der Waals surface area (Å²) < 4.78 is 28.2. The summed E-state index contributed by atoms with van der Waals surface area (Å²) in [4.78, 5) is 2.16. The lowest BCUT2D eigenvalue weighted by molar-refractivity contribution is 0.103. The summed E-state index contributed by atoms with van der Waals surface area (Å²) in [5.74, 6) is 3.09. The van der Waals surface area contributed by atoms with Crippen molar-refractivity contribution in [2.75, 3.05) is 32.6 Å². The van der Waals surface area contributed by atoms with Gasteiger partial charge in [0.1, 0.15) is 0 Å². The zero-order valence-electron chi connectivity index (χ0n) is 14.9. The Balaban J connectivity index is 1.67. The van der Waals surface area contributed by atoms with Gasteiger partial charge in [-0.05, 0) is 35.2 Å². The van der Waals surface area contributed by atoms with Crippen LogP contribution in [0, 0.1) is 0 Å². The van der Waals surface area contributed by atoms with E-state index < -0.39 is 0 Å². The molecule has 3 aromatic carbocycles. The quantitative estimate of drug-likeness (QED) is 0.650. The lowest BCUT2D eigenvalue weighted by Gasteiger charge is -2.37. The highest BCUT2D eigenvalue weighted by Gasteiger charge is 2.33. The fourth-order valence-electron chi connectivity index (χ4n) is 4.30. The van der Waals surface area contributed by atoms with Gasteiger partial charge in [0.2, 0.25) is 13.6 Å². The molecule has 1 atom stereocenters. The molecule has 3 aromatic rings. The third-order valence-corrected chi connectivity index (χ3v) is 5.51. The first kappa shape index (κ1) is 15.0. The summed E-state index contributed by atoms with van der Waals surface area (Å²) >= 11 is 0. The molecule has 0 aliphatic carbocycles. The molecular formula is C21H17NO5. The van der Waals surface area contributed by atoms with Crippen molar-refractivity contribution < 1.29 is 23.7 Å². The Morgan fingerprint density at radius 1 is 0.852 bits per heavy atom. The van der Waals surface area contributed by atoms with Crippen LogP contribution in [0.1, 0.15) is 11.8 Å². The van der Waals surface area contributed by atoms with Gasteiger partial charge in [0.15, 0.2) is 29.2 Å². The molecule has 136 valence electrons. The van der Waals surface area contributed by atoms with Crippen LogP contribution >= 0.6 is 0 Å². The lowest BCUT2D eigenvalue weighted by Crippen LogP contribution is -2.29. The van der Waals surface area contributed by atoms with Crippen molar-refractivity contribution in [3.05, 3.63) is 42.0 Å². The molecule has 27 heavy (non-hydrogen) atoms. The van der Waals surface area contributed by atoms with Crippen molar-refractivity contribution >= 4 is 16.5 Å². The maximum atomic E-state index is 5.86. The van der Waals surface area contributed by atoms with Gasteiger partial charge in [-0.3, -0.25) is 0 Å². The van der Waals surface area contributed by atoms with Crippen LogP contribution < -0.4 is 23.8 Å². The van der Waals surface area contributed by atoms with Crippen molar-refractivity contribution in [2.24, 2.45) is 0 Å². The van der Waals surface area contributed by atoms with Crippen LogP contribution in [0.4, 0.5) is 5.69 Å². The van der Waals surface area contributed by atoms with E-state index in [-0.39, 0.29) is 19.8 Å². The first-order valence-electron chi connectivity index (χ1n) is 8.80. The Morgan fingerprint density at radius 3 is 2.26 bits per heavy atom. The molecule has 3 aliphatic heterocycles. The van der Waals surface area contributed by atoms with E-state index in [0.29, 0.717) is 0 Å². The minimum Gasteiger partial charge on any atom is -0.454 e. The van der Waals surface area contributed by atoms with Crippen molar-refractivity contribution in [2.45, 2.75) is 6.23 Å². The maximum absolute atomic E-state index is 5.86. The molecule has 3 heterocycles. The highest BCUT2D eigenvalue weighted by molar-refractivity contribution is 6.05. The number of rotatable bonds is 1. The molecule has 0 bridgehead atoms. The number of hydrogen-bond donors (Lipinski definition) is 0. The van der Waals surface area contributed by atoms with E-state index in [4.69, 9.17) is 23.7 Å². The van der Waals surface area contributed by atoms with Gasteiger partial charge < -0.3 is 28.6 Å². The second-order valence-corrected chi connectivity index (χ2v) is 6.88. The van der Waals surface area contributed by atoms with E-state index >= 15 is 0 Å². The fourth-order valence-corrected chi connectivity index (χ4v) is 4.30. The molecular weight excluding hydrogens is 346 g/mol. The highest BCUT2D eigenvalue weighted by atomic mass is 16.7. The van der Waals surface area contributed by atoms with E-state index in [1.807, 2.05) is 25.2 Å². The van der Waals surface area contributed by atoms with E-state index in [1.165, 1.54) is 0 Å². The van der Waals surface area contributed by atoms with Gasteiger partial charge in [0.25, 0.3) is 0 Å². The lowest BCUT2D eigenvalue weighted by atomic mass is 9.89. The largest absolute Gasteiger partial charge is 0.454 e. The number of methoxy groups -OCH3 is 1. The Bertz CT molecular complexity index is 1110. The van der Waals surface area contributed by atoms with E-state index in [9.17, 15) is 0 Å². The minimum atomic E-state index is -0.224. The minimum absolute atomic E-state index is 0.224. The Hall–Kier alpha value is -3.12. The Labute approximate surface area is 155 Å². The normalized spacial score (nSPS) is 18.6. The van der Waals surface area contributed by atoms with Crippen LogP contribution in [0.5, 0.6) is 23.0 Å². The standard InChI is InChI=1S/C21H17NO5/c1-22-20-12(4-3-11-5-16-17(6-13(11)20)25-9-24-16)14-7-18-19(27-10-26-18)8-15(14)21(22)23-2/h3-8,21H,9-10H2,1-2H3/t21-/m0/s1. The summed E-state index contributed by atoms with van der Waals surface area (Å²) in [6.07, 6.45) is -0.224. The zero-order valence-corrected chi connectivity index (χ0v) is 14.9. The van der Waals surface area contributed by atoms with E-state index in [1.54, 1.807) is 7.11 Å². The predicted molar refractivity (Wildman–Crippen MR) is 99.8 cm³/mol. The number of hydrogen-bond acceptors (Lipinski definition) is 6. The maximum Gasteiger partial charge on any atom is 0.231 e. The Kier molecular flexibility index (Phi) is 2.89. The van der Waals surface area contributed by atoms with Gasteiger partial charge in [-0.15, -0.1) is 0 Å². The number of nitrogens with zero attached hydrogens (tertiary/aromatic N) is 1. The molecule has 0 N–H and O–H groups in total. The van der Waals surface area contributed by atoms with Gasteiger partial charge in [-0.2, -0.15) is 0 Å². The molecule has 0 unspecified atom stereocenters. The van der Waals surface area contributed by atoms with Crippen LogP contribution in [-0.2, 0) is 4.74 Å². The third kappa shape index (κ3) is 1.93. The third-order valence-electron chi connectivity index (χ3n) is 5.51. The summed E-state index contributed by atoms with van der Waals surface area (Å²) in [5.41, 5.74) is 4.39. The van der Waals surface area contributed by atoms with Gasteiger partial charge in [0, 0.05) is 30.7 Å². The van der Waals surface area contributed by atoms with E-state index in [2.05, 4.69) is 23.1 Å². The fraction of sp³-hybridized carbons (Fsp3) is 0.238. The molecule has 0 radical (unpaired) electrons. The monoisotopic (exact) mass is 363 g/mol. The molecule has 0 saturated carbocycles. The SMILES string of the molecule is CO[C@H]1c2cc3c(cc2-c2ccc4cc5c(cc4c2N1C)OCO5)OCO3. The van der Waals surface area contributed by atoms with Crippen LogP contribution in [0.2, 0.25) is 0 Å². The molecule has 0 amide bonds. The van der Waals surface area contributed by atoms with Crippen LogP contribution in [0.3, 0.4) is 0 Å². The topological polar surface area (TPSA) is 49.4 Å². The summed E-state index contributed by atoms with van der Waals surface area (Å²) in [7, 11) is 3.77. The summed E-state index contributed by atoms with van der Waals surface area (Å²) in [6.45, 7) is 0.510. The summed E-state index contributed by atoms with van der Waals surface area (Å²) in [5, 5.41) is 2.20. The first-order valence-corrected chi connectivity index (χ1v) is 8.80. The number of anilines is 1. The van der Waals surface area contributed by atoms with Gasteiger partial charge in [0.05, 0.1) is 5.69 Å². The highest BCUT2D eigenvalue weighted by Crippen LogP contribution is 2.52. The van der Waals surface area contributed by atoms with Crippen LogP contribution in [-0.4, -0.2) is 27.7 Å². The van der Waals surface area contributed by atoms with Crippen molar-refractivity contribution in [3.63, 3.8) is 0 Å². The van der Waals surface area contributed by atoms with Crippen molar-refractivity contribution in [1.82, 2.24) is 0 Å². The van der Waals surface area contributed by atoms with Crippen LogP contribution in [0.15, 0.2) is 36.4 Å².